The van der Waals surface area contributed by atoms with Crippen LogP contribution < -0.4 is 9.04 Å². The summed E-state index contributed by atoms with van der Waals surface area (Å²) in [5.74, 6) is 1.42. The highest BCUT2D eigenvalue weighted by Crippen LogP contribution is 2.59. The van der Waals surface area contributed by atoms with Crippen LogP contribution in [0, 0.1) is 0 Å². The van der Waals surface area contributed by atoms with Crippen molar-refractivity contribution < 1.29 is 17.7 Å². The predicted molar refractivity (Wildman–Crippen MR) is 140 cm³/mol. The second kappa shape index (κ2) is 8.24. The molecule has 9 heteroatoms. The van der Waals surface area contributed by atoms with Gasteiger partial charge < -0.3 is 9.26 Å². The average molecular weight is 562 g/mol. The van der Waals surface area contributed by atoms with Gasteiger partial charge in [0.15, 0.2) is 11.6 Å². The highest BCUT2D eigenvalue weighted by atomic mass is 79.9. The Bertz CT molecular complexity index is 1360. The Balaban J connectivity index is 1.66. The lowest BCUT2D eigenvalue weighted by Gasteiger charge is -2.29. The topological polar surface area (TPSA) is 72.6 Å². The van der Waals surface area contributed by atoms with E-state index in [2.05, 4.69) is 58.9 Å². The van der Waals surface area contributed by atoms with Crippen LogP contribution in [0.5, 0.6) is 5.75 Å². The largest absolute Gasteiger partial charge is 0.495 e. The van der Waals surface area contributed by atoms with Crippen molar-refractivity contribution in [3.05, 3.63) is 58.1 Å². The van der Waals surface area contributed by atoms with Gasteiger partial charge >= 0.3 is 0 Å². The van der Waals surface area contributed by atoms with E-state index in [-0.39, 0.29) is 10.3 Å². The third-order valence-electron chi connectivity index (χ3n) is 6.87. The molecule has 0 bridgehead atoms. The Labute approximate surface area is 210 Å². The molecule has 34 heavy (non-hydrogen) atoms. The van der Waals surface area contributed by atoms with Crippen LogP contribution in [0.25, 0.3) is 11.3 Å². The Morgan fingerprint density at radius 2 is 1.91 bits per heavy atom. The smallest absolute Gasteiger partial charge is 0.269 e. The second-order valence-corrected chi connectivity index (χ2v) is 18.9. The second-order valence-electron chi connectivity index (χ2n) is 10.5. The molecule has 6 nitrogen and oxygen atoms in total. The molecule has 0 atom stereocenters. The van der Waals surface area contributed by atoms with E-state index < -0.39 is 18.1 Å². The molecule has 2 aliphatic rings. The summed E-state index contributed by atoms with van der Waals surface area (Å²) >= 11 is 3.58. The van der Waals surface area contributed by atoms with E-state index in [1.165, 1.54) is 17.0 Å². The van der Waals surface area contributed by atoms with Gasteiger partial charge in [-0.15, -0.1) is 0 Å². The molecule has 5 rings (SSSR count). The molecule has 3 aromatic rings. The van der Waals surface area contributed by atoms with E-state index in [1.807, 2.05) is 0 Å². The van der Waals surface area contributed by atoms with Gasteiger partial charge in [0.2, 0.25) is 0 Å². The maximum atomic E-state index is 14.1. The number of para-hydroxylation sites is 1. The van der Waals surface area contributed by atoms with Gasteiger partial charge in [0.05, 0.1) is 7.11 Å². The van der Waals surface area contributed by atoms with Crippen molar-refractivity contribution in [3.63, 3.8) is 0 Å². The number of methoxy groups -OCH3 is 1. The number of aromatic nitrogens is 1. The minimum absolute atomic E-state index is 0.0436. The van der Waals surface area contributed by atoms with E-state index in [1.54, 1.807) is 24.3 Å². The van der Waals surface area contributed by atoms with Gasteiger partial charge in [0.25, 0.3) is 10.0 Å². The molecule has 1 aromatic heterocycles. The molecule has 1 saturated carbocycles. The third kappa shape index (κ3) is 4.01. The number of nitrogens with zero attached hydrogens (tertiary/aromatic N) is 2. The summed E-state index contributed by atoms with van der Waals surface area (Å²) < 4.78 is 41.9. The molecular formula is C25H29BrN2O4SSi. The van der Waals surface area contributed by atoms with Crippen molar-refractivity contribution in [2.45, 2.75) is 55.3 Å². The fourth-order valence-corrected chi connectivity index (χ4v) is 7.81. The Morgan fingerprint density at radius 1 is 1.18 bits per heavy atom. The highest BCUT2D eigenvalue weighted by Gasteiger charge is 2.51. The molecule has 1 fully saturated rings. The molecule has 2 aliphatic carbocycles. The highest BCUT2D eigenvalue weighted by molar-refractivity contribution is 9.10. The first-order valence-corrected chi connectivity index (χ1v) is 17.4. The van der Waals surface area contributed by atoms with Gasteiger partial charge in [-0.25, -0.2) is 12.7 Å². The van der Waals surface area contributed by atoms with Crippen LogP contribution in [0.1, 0.15) is 24.0 Å². The standard InChI is InChI=1S/C25H29BrN2O4SSi/c1-31-21-7-5-6-8-22(21)33(29,30)28(13-14-34(2,3)4)24-19-16-25(11-12-25)20-10-9-17(26)15-18(20)23(19)32-27-24/h5-10,15H,11-14,16H2,1-4H3. The number of rotatable bonds is 7. The molecule has 0 amide bonds. The monoisotopic (exact) mass is 560 g/mol. The van der Waals surface area contributed by atoms with Crippen LogP contribution in [0.2, 0.25) is 25.7 Å². The van der Waals surface area contributed by atoms with Crippen molar-refractivity contribution >= 4 is 39.8 Å². The van der Waals surface area contributed by atoms with Gasteiger partial charge in [-0.3, -0.25) is 0 Å². The normalized spacial score (nSPS) is 16.1. The van der Waals surface area contributed by atoms with Crippen molar-refractivity contribution in [1.29, 1.82) is 0 Å². The van der Waals surface area contributed by atoms with E-state index in [4.69, 9.17) is 9.26 Å². The molecule has 0 saturated heterocycles. The van der Waals surface area contributed by atoms with Crippen LogP contribution in [0.15, 0.2) is 56.4 Å². The number of ether oxygens (including phenoxy) is 1. The summed E-state index contributed by atoms with van der Waals surface area (Å²) in [6.07, 6.45) is 2.90. The van der Waals surface area contributed by atoms with Crippen molar-refractivity contribution in [2.75, 3.05) is 18.0 Å². The lowest BCUT2D eigenvalue weighted by molar-refractivity contribution is 0.402. The van der Waals surface area contributed by atoms with Crippen molar-refractivity contribution in [3.8, 4) is 17.1 Å². The summed E-state index contributed by atoms with van der Waals surface area (Å²) in [5, 5.41) is 4.40. The van der Waals surface area contributed by atoms with Crippen LogP contribution in [0.3, 0.4) is 0 Å². The first kappa shape index (κ1) is 23.6. The van der Waals surface area contributed by atoms with E-state index in [0.717, 1.165) is 40.9 Å². The summed E-state index contributed by atoms with van der Waals surface area (Å²) in [6.45, 7) is 7.08. The number of sulfonamides is 1. The van der Waals surface area contributed by atoms with Gasteiger partial charge in [-0.05, 0) is 55.1 Å². The summed E-state index contributed by atoms with van der Waals surface area (Å²) in [4.78, 5) is 0.143. The average Bonchev–Trinajstić information content (AvgIpc) is 3.43. The van der Waals surface area contributed by atoms with Crippen molar-refractivity contribution in [1.82, 2.24) is 5.16 Å². The molecular weight excluding hydrogens is 532 g/mol. The molecule has 0 unspecified atom stereocenters. The number of hydrogen-bond acceptors (Lipinski definition) is 5. The van der Waals surface area contributed by atoms with Gasteiger partial charge in [-0.2, -0.15) is 0 Å². The zero-order valence-corrected chi connectivity index (χ0v) is 23.3. The SMILES string of the molecule is COc1ccccc1S(=O)(=O)N(CC[Si](C)(C)C)c1noc2c1CC1(CC1)c1ccc(Br)cc1-2. The maximum absolute atomic E-state index is 14.1. The lowest BCUT2D eigenvalue weighted by Crippen LogP contribution is -2.37. The molecule has 0 radical (unpaired) electrons. The molecule has 2 aromatic carbocycles. The first-order valence-electron chi connectivity index (χ1n) is 11.5. The van der Waals surface area contributed by atoms with Crippen LogP contribution >= 0.6 is 15.9 Å². The fourth-order valence-electron chi connectivity index (χ4n) is 4.79. The van der Waals surface area contributed by atoms with E-state index in [9.17, 15) is 8.42 Å². The van der Waals surface area contributed by atoms with Crippen molar-refractivity contribution in [2.24, 2.45) is 0 Å². The lowest BCUT2D eigenvalue weighted by atomic mass is 9.79. The Morgan fingerprint density at radius 3 is 2.59 bits per heavy atom. The molecule has 180 valence electrons. The van der Waals surface area contributed by atoms with Crippen LogP contribution in [0.4, 0.5) is 5.82 Å². The molecule has 0 aliphatic heterocycles. The van der Waals surface area contributed by atoms with E-state index >= 15 is 0 Å². The quantitative estimate of drug-likeness (QED) is 0.320. The maximum Gasteiger partial charge on any atom is 0.269 e. The summed E-state index contributed by atoms with van der Waals surface area (Å²) in [7, 11) is -3.99. The number of anilines is 1. The zero-order valence-electron chi connectivity index (χ0n) is 19.9. The first-order chi connectivity index (χ1) is 16.1. The molecule has 1 heterocycles. The molecule has 1 spiro atoms. The van der Waals surface area contributed by atoms with Gasteiger partial charge in [0, 0.05) is 35.6 Å². The number of benzene rings is 2. The third-order valence-corrected chi connectivity index (χ3v) is 10.9. The zero-order chi connectivity index (χ0) is 24.3. The molecule has 0 N–H and O–H groups in total. The van der Waals surface area contributed by atoms with Gasteiger partial charge in [0.1, 0.15) is 10.6 Å². The Hall–Kier alpha value is -2.10. The Kier molecular flexibility index (Phi) is 5.73. The van der Waals surface area contributed by atoms with Crippen LogP contribution in [-0.2, 0) is 21.9 Å². The minimum Gasteiger partial charge on any atom is -0.495 e. The van der Waals surface area contributed by atoms with Gasteiger partial charge in [-0.1, -0.05) is 58.9 Å². The fraction of sp³-hybridized carbons (Fsp3) is 0.400. The number of hydrogen-bond donors (Lipinski definition) is 0. The minimum atomic E-state index is -3.93. The summed E-state index contributed by atoms with van der Waals surface area (Å²) in [5.41, 5.74) is 3.21. The van der Waals surface area contributed by atoms with Crippen LogP contribution in [-0.4, -0.2) is 35.3 Å². The summed E-state index contributed by atoms with van der Waals surface area (Å²) in [6, 6.07) is 13.8. The van der Waals surface area contributed by atoms with E-state index in [0.29, 0.717) is 23.9 Å². The number of halogens is 1. The predicted octanol–water partition coefficient (Wildman–Crippen LogP) is 6.23. The number of fused-ring (bicyclic) bond motifs is 4.